The lowest BCUT2D eigenvalue weighted by atomic mass is 9.77. The smallest absolute Gasteiger partial charge is 0.335 e. The van der Waals surface area contributed by atoms with Crippen molar-refractivity contribution in [3.63, 3.8) is 0 Å². The van der Waals surface area contributed by atoms with E-state index in [1.54, 1.807) is 35.2 Å². The Morgan fingerprint density at radius 2 is 1.79 bits per heavy atom. The molecule has 0 radical (unpaired) electrons. The van der Waals surface area contributed by atoms with Crippen LogP contribution in [0.2, 0.25) is 0 Å². The minimum Gasteiger partial charge on any atom is -0.358 e. The normalized spacial score (nSPS) is 18.4. The number of unbranched alkanes of at least 4 members (excludes halogenated alkanes) is 3. The summed E-state index contributed by atoms with van der Waals surface area (Å²) in [4.78, 5) is 22.6. The molecule has 8 heteroatoms. The third-order valence-electron chi connectivity index (χ3n) is 7.93. The highest BCUT2D eigenvalue weighted by Crippen LogP contribution is 2.34. The average Bonchev–Trinajstić information content (AvgIpc) is 3.27. The zero-order valence-corrected chi connectivity index (χ0v) is 23.9. The topological polar surface area (TPSA) is 74.0 Å². The second kappa shape index (κ2) is 13.9. The maximum atomic E-state index is 13.6. The standard InChI is InChI=1S/C31H44FN5O2/c1-5-6-7-8-9-23(4)24-10-14-26(15-11-24)34-30-33-19-18-28(35-30)29-20-36(21-39-22(2)3)31(38)37(29)27-16-12-25(32)13-17-27/h12-13,16-20,22-24,26H,5-11,14-15,21H2,1-4H3,(H,33,34,35). The summed E-state index contributed by atoms with van der Waals surface area (Å²) in [6.07, 6.45) is 14.8. The van der Waals surface area contributed by atoms with E-state index in [1.165, 1.54) is 61.6 Å². The number of hydrogen-bond acceptors (Lipinski definition) is 5. The number of nitrogens with zero attached hydrogens (tertiary/aromatic N) is 4. The van der Waals surface area contributed by atoms with E-state index in [2.05, 4.69) is 24.1 Å². The summed E-state index contributed by atoms with van der Waals surface area (Å²) in [7, 11) is 0. The van der Waals surface area contributed by atoms with Crippen molar-refractivity contribution < 1.29 is 9.13 Å². The van der Waals surface area contributed by atoms with Crippen molar-refractivity contribution in [2.45, 2.75) is 104 Å². The maximum Gasteiger partial charge on any atom is 0.335 e. The Balaban J connectivity index is 1.47. The van der Waals surface area contributed by atoms with Crippen LogP contribution in [0.4, 0.5) is 10.3 Å². The Kier molecular flexibility index (Phi) is 10.3. The number of benzene rings is 1. The number of ether oxygens (including phenoxy) is 1. The molecule has 1 unspecified atom stereocenters. The number of hydrogen-bond donors (Lipinski definition) is 1. The van der Waals surface area contributed by atoms with E-state index < -0.39 is 0 Å². The molecule has 2 aromatic heterocycles. The van der Waals surface area contributed by atoms with E-state index in [4.69, 9.17) is 9.72 Å². The molecule has 0 saturated heterocycles. The highest BCUT2D eigenvalue weighted by Gasteiger charge is 2.25. The van der Waals surface area contributed by atoms with E-state index in [-0.39, 0.29) is 24.3 Å². The van der Waals surface area contributed by atoms with Crippen LogP contribution in [0.25, 0.3) is 17.1 Å². The predicted octanol–water partition coefficient (Wildman–Crippen LogP) is 7.19. The van der Waals surface area contributed by atoms with Gasteiger partial charge < -0.3 is 10.1 Å². The van der Waals surface area contributed by atoms with Crippen LogP contribution in [0.5, 0.6) is 0 Å². The van der Waals surface area contributed by atoms with Crippen molar-refractivity contribution in [3.05, 3.63) is 59.0 Å². The first kappa shape index (κ1) is 29.0. The summed E-state index contributed by atoms with van der Waals surface area (Å²) < 4.78 is 22.4. The van der Waals surface area contributed by atoms with Crippen molar-refractivity contribution >= 4 is 5.95 Å². The Morgan fingerprint density at radius 3 is 2.49 bits per heavy atom. The van der Waals surface area contributed by atoms with Crippen molar-refractivity contribution in [1.82, 2.24) is 19.1 Å². The van der Waals surface area contributed by atoms with E-state index in [0.717, 1.165) is 24.7 Å². The van der Waals surface area contributed by atoms with Gasteiger partial charge in [0.2, 0.25) is 5.95 Å². The Bertz CT molecular complexity index is 1230. The van der Waals surface area contributed by atoms with Gasteiger partial charge in [0.1, 0.15) is 12.5 Å². The van der Waals surface area contributed by atoms with Crippen LogP contribution in [0.1, 0.15) is 85.5 Å². The van der Waals surface area contributed by atoms with Gasteiger partial charge in [0, 0.05) is 18.4 Å². The maximum absolute atomic E-state index is 13.6. The third kappa shape index (κ3) is 7.78. The Morgan fingerprint density at radius 1 is 1.05 bits per heavy atom. The van der Waals surface area contributed by atoms with Crippen molar-refractivity contribution in [2.75, 3.05) is 5.32 Å². The fourth-order valence-corrected chi connectivity index (χ4v) is 5.55. The van der Waals surface area contributed by atoms with Crippen LogP contribution < -0.4 is 11.0 Å². The van der Waals surface area contributed by atoms with Gasteiger partial charge in [-0.3, -0.25) is 9.13 Å². The molecule has 0 amide bonds. The number of halogens is 1. The van der Waals surface area contributed by atoms with E-state index in [0.29, 0.717) is 29.1 Å². The van der Waals surface area contributed by atoms with E-state index in [1.807, 2.05) is 13.8 Å². The van der Waals surface area contributed by atoms with Gasteiger partial charge in [0.15, 0.2) is 0 Å². The van der Waals surface area contributed by atoms with Crippen LogP contribution in [0.3, 0.4) is 0 Å². The average molecular weight is 538 g/mol. The second-order valence-electron chi connectivity index (χ2n) is 11.3. The second-order valence-corrected chi connectivity index (χ2v) is 11.3. The van der Waals surface area contributed by atoms with Crippen LogP contribution in [-0.2, 0) is 11.5 Å². The lowest BCUT2D eigenvalue weighted by molar-refractivity contribution is 0.0268. The quantitative estimate of drug-likeness (QED) is 0.234. The molecule has 4 rings (SSSR count). The molecule has 212 valence electrons. The molecule has 0 spiro atoms. The summed E-state index contributed by atoms with van der Waals surface area (Å²) in [6.45, 7) is 8.66. The van der Waals surface area contributed by atoms with Crippen LogP contribution in [-0.4, -0.2) is 31.2 Å². The van der Waals surface area contributed by atoms with Crippen molar-refractivity contribution in [2.24, 2.45) is 11.8 Å². The number of nitrogens with one attached hydrogen (secondary N) is 1. The fraction of sp³-hybridized carbons (Fsp3) is 0.581. The first-order chi connectivity index (χ1) is 18.9. The molecule has 1 aromatic carbocycles. The van der Waals surface area contributed by atoms with Gasteiger partial charge in [-0.1, -0.05) is 46.0 Å². The predicted molar refractivity (Wildman–Crippen MR) is 155 cm³/mol. The molecule has 1 saturated carbocycles. The molecule has 39 heavy (non-hydrogen) atoms. The zero-order chi connectivity index (χ0) is 27.8. The molecule has 2 heterocycles. The largest absolute Gasteiger partial charge is 0.358 e. The molecule has 1 fully saturated rings. The summed E-state index contributed by atoms with van der Waals surface area (Å²) >= 11 is 0. The molecular formula is C31H44FN5O2. The minimum atomic E-state index is -0.356. The van der Waals surface area contributed by atoms with Gasteiger partial charge in [-0.25, -0.2) is 19.2 Å². The number of imidazole rings is 1. The number of rotatable bonds is 13. The van der Waals surface area contributed by atoms with Crippen molar-refractivity contribution in [1.29, 1.82) is 0 Å². The Labute approximate surface area is 231 Å². The molecule has 7 nitrogen and oxygen atoms in total. The van der Waals surface area contributed by atoms with Crippen LogP contribution in [0, 0.1) is 17.7 Å². The SMILES string of the molecule is CCCCCCC(C)C1CCC(Nc2nccc(-c3cn(COC(C)C)c(=O)n3-c3ccc(F)cc3)n2)CC1. The lowest BCUT2D eigenvalue weighted by Gasteiger charge is -2.32. The lowest BCUT2D eigenvalue weighted by Crippen LogP contribution is -2.29. The number of aromatic nitrogens is 4. The van der Waals surface area contributed by atoms with Crippen LogP contribution >= 0.6 is 0 Å². The summed E-state index contributed by atoms with van der Waals surface area (Å²) in [5.74, 6) is 1.79. The van der Waals surface area contributed by atoms with Gasteiger partial charge in [0.05, 0.1) is 23.2 Å². The molecule has 1 atom stereocenters. The monoisotopic (exact) mass is 537 g/mol. The van der Waals surface area contributed by atoms with Gasteiger partial charge >= 0.3 is 5.69 Å². The minimum absolute atomic E-state index is 0.0245. The van der Waals surface area contributed by atoms with Crippen molar-refractivity contribution in [3.8, 4) is 17.1 Å². The van der Waals surface area contributed by atoms with Gasteiger partial charge in [-0.2, -0.15) is 0 Å². The molecule has 1 N–H and O–H groups in total. The first-order valence-corrected chi connectivity index (χ1v) is 14.6. The summed E-state index contributed by atoms with van der Waals surface area (Å²) in [6, 6.07) is 8.03. The van der Waals surface area contributed by atoms with Gasteiger partial charge in [-0.05, 0) is 81.7 Å². The molecule has 3 aromatic rings. The molecule has 0 aliphatic heterocycles. The van der Waals surface area contributed by atoms with Gasteiger partial charge in [-0.15, -0.1) is 0 Å². The van der Waals surface area contributed by atoms with E-state index in [9.17, 15) is 9.18 Å². The molecule has 1 aliphatic rings. The fourth-order valence-electron chi connectivity index (χ4n) is 5.55. The number of anilines is 1. The molecule has 1 aliphatic carbocycles. The summed E-state index contributed by atoms with van der Waals surface area (Å²) in [5.41, 5.74) is 1.51. The summed E-state index contributed by atoms with van der Waals surface area (Å²) in [5, 5.41) is 3.55. The Hall–Kier alpha value is -3.00. The third-order valence-corrected chi connectivity index (χ3v) is 7.93. The highest BCUT2D eigenvalue weighted by molar-refractivity contribution is 5.59. The molecular weight excluding hydrogens is 493 g/mol. The first-order valence-electron chi connectivity index (χ1n) is 14.6. The van der Waals surface area contributed by atoms with E-state index >= 15 is 0 Å². The van der Waals surface area contributed by atoms with Crippen LogP contribution in [0.15, 0.2) is 47.5 Å². The molecule has 0 bridgehead atoms. The zero-order valence-electron chi connectivity index (χ0n) is 23.9. The highest BCUT2D eigenvalue weighted by atomic mass is 19.1. The van der Waals surface area contributed by atoms with Gasteiger partial charge in [0.25, 0.3) is 0 Å².